The van der Waals surface area contributed by atoms with Crippen molar-refractivity contribution in [3.8, 4) is 0 Å². The number of carboxylic acid groups (broad SMARTS) is 1. The highest BCUT2D eigenvalue weighted by Gasteiger charge is 2.20. The molecule has 0 radical (unpaired) electrons. The maximum atomic E-state index is 11.3. The molecule has 0 rings (SSSR count). The first-order chi connectivity index (χ1) is 6.52. The third-order valence-electron chi connectivity index (χ3n) is 2.02. The summed E-state index contributed by atoms with van der Waals surface area (Å²) in [6.07, 6.45) is 1.18. The molecule has 0 aliphatic heterocycles. The van der Waals surface area contributed by atoms with E-state index in [2.05, 4.69) is 10.6 Å². The molecule has 0 spiro atoms. The Labute approximate surface area is 83.9 Å². The second kappa shape index (κ2) is 6.37. The van der Waals surface area contributed by atoms with Crippen LogP contribution < -0.4 is 10.6 Å². The van der Waals surface area contributed by atoms with Crippen LogP contribution in [0.25, 0.3) is 0 Å². The summed E-state index contributed by atoms with van der Waals surface area (Å²) in [5, 5.41) is 14.0. The fraction of sp³-hybridized carbons (Fsp3) is 0.778. The van der Waals surface area contributed by atoms with Gasteiger partial charge in [0.1, 0.15) is 6.04 Å². The predicted octanol–water partition coefficient (Wildman–Crippen LogP) is -0.0362. The molecule has 3 N–H and O–H groups in total. The van der Waals surface area contributed by atoms with Crippen molar-refractivity contribution < 1.29 is 14.7 Å². The maximum Gasteiger partial charge on any atom is 0.326 e. The van der Waals surface area contributed by atoms with Gasteiger partial charge in [-0.05, 0) is 20.4 Å². The van der Waals surface area contributed by atoms with Crippen molar-refractivity contribution in [2.24, 2.45) is 0 Å². The molecule has 0 aromatic carbocycles. The molecule has 5 nitrogen and oxygen atoms in total. The van der Waals surface area contributed by atoms with Crippen molar-refractivity contribution in [1.82, 2.24) is 10.6 Å². The Morgan fingerprint density at radius 2 is 2.00 bits per heavy atom. The van der Waals surface area contributed by atoms with Gasteiger partial charge in [-0.25, -0.2) is 4.79 Å². The minimum Gasteiger partial charge on any atom is -0.480 e. The molecule has 0 aliphatic carbocycles. The van der Waals surface area contributed by atoms with Gasteiger partial charge in [0.2, 0.25) is 5.91 Å². The van der Waals surface area contributed by atoms with Crippen molar-refractivity contribution >= 4 is 11.9 Å². The third-order valence-corrected chi connectivity index (χ3v) is 2.02. The Balaban J connectivity index is 4.15. The molecule has 1 amide bonds. The summed E-state index contributed by atoms with van der Waals surface area (Å²) in [7, 11) is 1.65. The minimum atomic E-state index is -0.983. The average Bonchev–Trinajstić information content (AvgIpc) is 2.15. The van der Waals surface area contributed by atoms with Crippen LogP contribution in [0.15, 0.2) is 0 Å². The Hall–Kier alpha value is -1.10. The van der Waals surface area contributed by atoms with E-state index in [0.29, 0.717) is 6.42 Å². The Morgan fingerprint density at radius 1 is 1.43 bits per heavy atom. The molecule has 0 saturated heterocycles. The molecule has 0 aliphatic rings. The fourth-order valence-electron chi connectivity index (χ4n) is 0.974. The monoisotopic (exact) mass is 202 g/mol. The van der Waals surface area contributed by atoms with Crippen LogP contribution in [0.4, 0.5) is 0 Å². The Bertz CT molecular complexity index is 206. The highest BCUT2D eigenvalue weighted by atomic mass is 16.4. The van der Waals surface area contributed by atoms with Gasteiger partial charge in [-0.15, -0.1) is 0 Å². The first-order valence-electron chi connectivity index (χ1n) is 4.73. The largest absolute Gasteiger partial charge is 0.480 e. The lowest BCUT2D eigenvalue weighted by Crippen LogP contribution is -2.48. The Kier molecular flexibility index (Phi) is 5.87. The predicted molar refractivity (Wildman–Crippen MR) is 53.0 cm³/mol. The summed E-state index contributed by atoms with van der Waals surface area (Å²) in [6, 6.07) is -1.14. The van der Waals surface area contributed by atoms with Crippen molar-refractivity contribution in [1.29, 1.82) is 0 Å². The van der Waals surface area contributed by atoms with Crippen LogP contribution in [0.3, 0.4) is 0 Å². The quantitative estimate of drug-likeness (QED) is 0.565. The van der Waals surface area contributed by atoms with E-state index in [9.17, 15) is 9.59 Å². The highest BCUT2D eigenvalue weighted by Crippen LogP contribution is 1.97. The molecular weight excluding hydrogens is 184 g/mol. The number of carboxylic acids is 1. The summed E-state index contributed by atoms with van der Waals surface area (Å²) < 4.78 is 0. The number of hydrogen-bond acceptors (Lipinski definition) is 3. The van der Waals surface area contributed by atoms with Crippen LogP contribution in [0.5, 0.6) is 0 Å². The molecule has 2 atom stereocenters. The number of hydrogen-bond donors (Lipinski definition) is 3. The van der Waals surface area contributed by atoms with Crippen LogP contribution in [0.2, 0.25) is 0 Å². The van der Waals surface area contributed by atoms with Crippen LogP contribution in [-0.2, 0) is 9.59 Å². The first kappa shape index (κ1) is 12.9. The standard InChI is InChI=1S/C9H18N2O3/c1-4-5-7(9(13)14)11-8(12)6(2)10-3/h6-7,10H,4-5H2,1-3H3,(H,11,12)(H,13,14). The number of likely N-dealkylation sites (N-methyl/N-ethyl adjacent to an activating group) is 1. The molecule has 14 heavy (non-hydrogen) atoms. The second-order valence-corrected chi connectivity index (χ2v) is 3.20. The van der Waals surface area contributed by atoms with Crippen molar-refractivity contribution in [2.75, 3.05) is 7.05 Å². The second-order valence-electron chi connectivity index (χ2n) is 3.20. The number of amides is 1. The number of aliphatic carboxylic acids is 1. The minimum absolute atomic E-state index is 0.284. The number of nitrogens with one attached hydrogen (secondary N) is 2. The molecule has 0 saturated carbocycles. The van der Waals surface area contributed by atoms with E-state index in [1.165, 1.54) is 0 Å². The Morgan fingerprint density at radius 3 is 2.36 bits per heavy atom. The van der Waals surface area contributed by atoms with E-state index < -0.39 is 12.0 Å². The summed E-state index contributed by atoms with van der Waals surface area (Å²) in [5.74, 6) is -1.27. The first-order valence-corrected chi connectivity index (χ1v) is 4.73. The van der Waals surface area contributed by atoms with E-state index in [4.69, 9.17) is 5.11 Å². The van der Waals surface area contributed by atoms with E-state index >= 15 is 0 Å². The molecule has 82 valence electrons. The summed E-state index contributed by atoms with van der Waals surface area (Å²) in [6.45, 7) is 3.56. The van der Waals surface area contributed by atoms with E-state index in [1.54, 1.807) is 14.0 Å². The number of carbonyl (C=O) groups is 2. The SMILES string of the molecule is CCCC(NC(=O)C(C)NC)C(=O)O. The molecule has 5 heteroatoms. The van der Waals surface area contributed by atoms with Crippen molar-refractivity contribution in [3.63, 3.8) is 0 Å². The number of carbonyl (C=O) groups excluding carboxylic acids is 1. The zero-order chi connectivity index (χ0) is 11.1. The molecule has 0 bridgehead atoms. The average molecular weight is 202 g/mol. The van der Waals surface area contributed by atoms with E-state index in [0.717, 1.165) is 6.42 Å². The van der Waals surface area contributed by atoms with Crippen LogP contribution in [0.1, 0.15) is 26.7 Å². The summed E-state index contributed by atoms with van der Waals surface area (Å²) >= 11 is 0. The maximum absolute atomic E-state index is 11.3. The van der Waals surface area contributed by atoms with Crippen LogP contribution in [-0.4, -0.2) is 36.1 Å². The van der Waals surface area contributed by atoms with Crippen molar-refractivity contribution in [2.45, 2.75) is 38.8 Å². The topological polar surface area (TPSA) is 78.4 Å². The van der Waals surface area contributed by atoms with Gasteiger partial charge < -0.3 is 15.7 Å². The van der Waals surface area contributed by atoms with Gasteiger partial charge in [0.25, 0.3) is 0 Å². The van der Waals surface area contributed by atoms with Crippen LogP contribution >= 0.6 is 0 Å². The molecule has 0 heterocycles. The van der Waals surface area contributed by atoms with Crippen molar-refractivity contribution in [3.05, 3.63) is 0 Å². The molecule has 0 fully saturated rings. The van der Waals surface area contributed by atoms with Gasteiger partial charge in [-0.3, -0.25) is 4.79 Å². The van der Waals surface area contributed by atoms with Gasteiger partial charge in [-0.2, -0.15) is 0 Å². The third kappa shape index (κ3) is 4.23. The van der Waals surface area contributed by atoms with Gasteiger partial charge in [0.05, 0.1) is 6.04 Å². The van der Waals surface area contributed by atoms with Gasteiger partial charge in [0.15, 0.2) is 0 Å². The van der Waals surface area contributed by atoms with E-state index in [-0.39, 0.29) is 11.9 Å². The summed E-state index contributed by atoms with van der Waals surface area (Å²) in [5.41, 5.74) is 0. The van der Waals surface area contributed by atoms with E-state index in [1.807, 2.05) is 6.92 Å². The zero-order valence-corrected chi connectivity index (χ0v) is 8.83. The normalized spacial score (nSPS) is 14.5. The van der Waals surface area contributed by atoms with Gasteiger partial charge in [0, 0.05) is 0 Å². The molecule has 2 unspecified atom stereocenters. The lowest BCUT2D eigenvalue weighted by molar-refractivity contribution is -0.142. The lowest BCUT2D eigenvalue weighted by atomic mass is 10.1. The summed E-state index contributed by atoms with van der Waals surface area (Å²) in [4.78, 5) is 22.0. The fourth-order valence-corrected chi connectivity index (χ4v) is 0.974. The van der Waals surface area contributed by atoms with Gasteiger partial charge >= 0.3 is 5.97 Å². The lowest BCUT2D eigenvalue weighted by Gasteiger charge is -2.16. The zero-order valence-electron chi connectivity index (χ0n) is 8.83. The smallest absolute Gasteiger partial charge is 0.326 e. The highest BCUT2D eigenvalue weighted by molar-refractivity contribution is 5.86. The number of rotatable bonds is 6. The molecule has 0 aromatic rings. The van der Waals surface area contributed by atoms with Crippen LogP contribution in [0, 0.1) is 0 Å². The molecule has 0 aromatic heterocycles. The molecular formula is C9H18N2O3. The van der Waals surface area contributed by atoms with Gasteiger partial charge in [-0.1, -0.05) is 13.3 Å².